The van der Waals surface area contributed by atoms with Crippen molar-refractivity contribution in [3.05, 3.63) is 41.4 Å². The minimum Gasteiger partial charge on any atom is -0.454 e. The summed E-state index contributed by atoms with van der Waals surface area (Å²) in [5.74, 6) is 2.64. The van der Waals surface area contributed by atoms with Crippen molar-refractivity contribution in [1.29, 1.82) is 0 Å². The number of carbonyl (C=O) groups is 1. The predicted octanol–water partition coefficient (Wildman–Crippen LogP) is 2.27. The fourth-order valence-electron chi connectivity index (χ4n) is 4.24. The van der Waals surface area contributed by atoms with Crippen molar-refractivity contribution in [2.45, 2.75) is 39.8 Å². The maximum absolute atomic E-state index is 12.7. The Kier molecular flexibility index (Phi) is 5.99. The third-order valence-electron chi connectivity index (χ3n) is 6.01. The lowest BCUT2D eigenvalue weighted by Gasteiger charge is -2.34. The molecule has 2 aromatic heterocycles. The van der Waals surface area contributed by atoms with Gasteiger partial charge in [-0.1, -0.05) is 6.07 Å². The summed E-state index contributed by atoms with van der Waals surface area (Å²) in [5.41, 5.74) is 2.89. The zero-order valence-corrected chi connectivity index (χ0v) is 19.0. The zero-order valence-electron chi connectivity index (χ0n) is 19.0. The molecular weight excluding hydrogens is 424 g/mol. The SMILES string of the molecule is CCn1nc(C)cc1-c1nnc(CCC(=O)N2CCN(Cc3ccc4c(c3)OCO4)CC2)o1. The van der Waals surface area contributed by atoms with Gasteiger partial charge in [0.15, 0.2) is 11.5 Å². The van der Waals surface area contributed by atoms with Gasteiger partial charge >= 0.3 is 0 Å². The Bertz CT molecular complexity index is 1130. The van der Waals surface area contributed by atoms with E-state index in [1.54, 1.807) is 0 Å². The molecule has 1 amide bonds. The van der Waals surface area contributed by atoms with E-state index in [9.17, 15) is 4.79 Å². The summed E-state index contributed by atoms with van der Waals surface area (Å²) in [4.78, 5) is 17.0. The molecule has 2 aliphatic rings. The van der Waals surface area contributed by atoms with Crippen molar-refractivity contribution in [3.63, 3.8) is 0 Å². The maximum atomic E-state index is 12.7. The first-order valence-electron chi connectivity index (χ1n) is 11.3. The van der Waals surface area contributed by atoms with Gasteiger partial charge in [-0.25, -0.2) is 0 Å². The number of rotatable bonds is 7. The fourth-order valence-corrected chi connectivity index (χ4v) is 4.24. The lowest BCUT2D eigenvalue weighted by molar-refractivity contribution is -0.133. The van der Waals surface area contributed by atoms with E-state index in [4.69, 9.17) is 13.9 Å². The van der Waals surface area contributed by atoms with Crippen LogP contribution in [0, 0.1) is 6.92 Å². The van der Waals surface area contributed by atoms with Gasteiger partial charge in [0.05, 0.1) is 5.69 Å². The van der Waals surface area contributed by atoms with Gasteiger partial charge in [-0.3, -0.25) is 14.4 Å². The van der Waals surface area contributed by atoms with Crippen LogP contribution in [0.2, 0.25) is 0 Å². The second-order valence-corrected chi connectivity index (χ2v) is 8.33. The molecule has 4 heterocycles. The average Bonchev–Trinajstić information content (AvgIpc) is 3.57. The van der Waals surface area contributed by atoms with Gasteiger partial charge in [-0.2, -0.15) is 5.10 Å². The normalized spacial score (nSPS) is 15.9. The van der Waals surface area contributed by atoms with Crippen LogP contribution in [0.1, 0.15) is 30.5 Å². The predicted molar refractivity (Wildman–Crippen MR) is 119 cm³/mol. The summed E-state index contributed by atoms with van der Waals surface area (Å²) < 4.78 is 18.5. The molecular formula is C23H28N6O4. The molecule has 0 bridgehead atoms. The van der Waals surface area contributed by atoms with Crippen LogP contribution in [-0.2, 0) is 24.3 Å². The van der Waals surface area contributed by atoms with Gasteiger partial charge in [0.2, 0.25) is 18.6 Å². The van der Waals surface area contributed by atoms with Gasteiger partial charge in [0, 0.05) is 52.1 Å². The van der Waals surface area contributed by atoms with Crippen LogP contribution in [0.4, 0.5) is 0 Å². The third-order valence-corrected chi connectivity index (χ3v) is 6.01. The summed E-state index contributed by atoms with van der Waals surface area (Å²) in [6, 6.07) is 7.98. The van der Waals surface area contributed by atoms with Crippen LogP contribution in [-0.4, -0.2) is 68.7 Å². The van der Waals surface area contributed by atoms with Crippen LogP contribution in [0.15, 0.2) is 28.7 Å². The highest BCUT2D eigenvalue weighted by Crippen LogP contribution is 2.32. The van der Waals surface area contributed by atoms with E-state index in [0.29, 0.717) is 37.7 Å². The molecule has 0 saturated carbocycles. The smallest absolute Gasteiger partial charge is 0.265 e. The number of amides is 1. The summed E-state index contributed by atoms with van der Waals surface area (Å²) in [7, 11) is 0. The second-order valence-electron chi connectivity index (χ2n) is 8.33. The van der Waals surface area contributed by atoms with Gasteiger partial charge in [0.1, 0.15) is 5.69 Å². The number of piperazine rings is 1. The summed E-state index contributed by atoms with van der Waals surface area (Å²) in [6.07, 6.45) is 0.790. The Balaban J connectivity index is 1.10. The first-order valence-corrected chi connectivity index (χ1v) is 11.3. The van der Waals surface area contributed by atoms with Gasteiger partial charge in [0.25, 0.3) is 5.89 Å². The molecule has 10 nitrogen and oxygen atoms in total. The van der Waals surface area contributed by atoms with E-state index >= 15 is 0 Å². The first-order chi connectivity index (χ1) is 16.1. The molecule has 0 N–H and O–H groups in total. The van der Waals surface area contributed by atoms with Crippen molar-refractivity contribution < 1.29 is 18.7 Å². The molecule has 0 spiro atoms. The van der Waals surface area contributed by atoms with Crippen LogP contribution >= 0.6 is 0 Å². The first kappa shape index (κ1) is 21.4. The third kappa shape index (κ3) is 4.70. The number of aromatic nitrogens is 4. The molecule has 0 atom stereocenters. The molecule has 33 heavy (non-hydrogen) atoms. The number of carbonyl (C=O) groups excluding carboxylic acids is 1. The van der Waals surface area contributed by atoms with Crippen LogP contribution in [0.25, 0.3) is 11.6 Å². The minimum absolute atomic E-state index is 0.118. The van der Waals surface area contributed by atoms with E-state index < -0.39 is 0 Å². The monoisotopic (exact) mass is 452 g/mol. The summed E-state index contributed by atoms with van der Waals surface area (Å²) in [5, 5.41) is 12.7. The highest BCUT2D eigenvalue weighted by atomic mass is 16.7. The molecule has 0 aliphatic carbocycles. The van der Waals surface area contributed by atoms with Crippen molar-refractivity contribution in [1.82, 2.24) is 29.8 Å². The lowest BCUT2D eigenvalue weighted by Crippen LogP contribution is -2.48. The zero-order chi connectivity index (χ0) is 22.8. The molecule has 10 heteroatoms. The molecule has 174 valence electrons. The Morgan fingerprint density at radius 3 is 2.70 bits per heavy atom. The molecule has 1 fully saturated rings. The summed E-state index contributed by atoms with van der Waals surface area (Å²) >= 11 is 0. The van der Waals surface area contributed by atoms with Crippen molar-refractivity contribution in [2.75, 3.05) is 33.0 Å². The molecule has 5 rings (SSSR count). The molecule has 0 unspecified atom stereocenters. The Hall–Kier alpha value is -3.40. The number of benzene rings is 1. The van der Waals surface area contributed by atoms with E-state index in [1.807, 2.05) is 41.6 Å². The number of hydrogen-bond acceptors (Lipinski definition) is 8. The molecule has 1 saturated heterocycles. The Morgan fingerprint density at radius 1 is 1.06 bits per heavy atom. The van der Waals surface area contributed by atoms with E-state index in [-0.39, 0.29) is 12.7 Å². The quantitative estimate of drug-likeness (QED) is 0.538. The van der Waals surface area contributed by atoms with Gasteiger partial charge < -0.3 is 18.8 Å². The van der Waals surface area contributed by atoms with E-state index in [2.05, 4.69) is 26.3 Å². The highest BCUT2D eigenvalue weighted by molar-refractivity contribution is 5.76. The van der Waals surface area contributed by atoms with E-state index in [1.165, 1.54) is 5.56 Å². The van der Waals surface area contributed by atoms with Crippen molar-refractivity contribution in [3.8, 4) is 23.1 Å². The Morgan fingerprint density at radius 2 is 1.88 bits per heavy atom. The maximum Gasteiger partial charge on any atom is 0.265 e. The fraction of sp³-hybridized carbons (Fsp3) is 0.478. The highest BCUT2D eigenvalue weighted by Gasteiger charge is 2.23. The molecule has 1 aromatic carbocycles. The second kappa shape index (κ2) is 9.22. The van der Waals surface area contributed by atoms with Crippen molar-refractivity contribution >= 4 is 5.91 Å². The summed E-state index contributed by atoms with van der Waals surface area (Å²) in [6.45, 7) is 8.89. The van der Waals surface area contributed by atoms with Crippen LogP contribution < -0.4 is 9.47 Å². The molecule has 3 aromatic rings. The molecule has 2 aliphatic heterocycles. The van der Waals surface area contributed by atoms with E-state index in [0.717, 1.165) is 49.1 Å². The lowest BCUT2D eigenvalue weighted by atomic mass is 10.1. The number of hydrogen-bond donors (Lipinski definition) is 0. The minimum atomic E-state index is 0.118. The number of aryl methyl sites for hydroxylation is 3. The number of nitrogens with zero attached hydrogens (tertiary/aromatic N) is 6. The van der Waals surface area contributed by atoms with Gasteiger partial charge in [-0.05, 0) is 37.6 Å². The average molecular weight is 453 g/mol. The Labute approximate surface area is 192 Å². The standard InChI is InChI=1S/C23H28N6O4/c1-3-29-18(12-16(2)26-29)23-25-24-21(33-23)6-7-22(30)28-10-8-27(9-11-28)14-17-4-5-19-20(13-17)32-15-31-19/h4-5,12-13H,3,6-11,14-15H2,1-2H3. The van der Waals surface area contributed by atoms with Crippen LogP contribution in [0.5, 0.6) is 11.5 Å². The van der Waals surface area contributed by atoms with Crippen LogP contribution in [0.3, 0.4) is 0 Å². The number of ether oxygens (including phenoxy) is 2. The molecule has 0 radical (unpaired) electrons. The topological polar surface area (TPSA) is 98.8 Å². The largest absolute Gasteiger partial charge is 0.454 e. The number of fused-ring (bicyclic) bond motifs is 1. The van der Waals surface area contributed by atoms with Gasteiger partial charge in [-0.15, -0.1) is 10.2 Å². The van der Waals surface area contributed by atoms with Crippen molar-refractivity contribution in [2.24, 2.45) is 0 Å².